The Kier molecular flexibility index (Phi) is 2.82. The van der Waals surface area contributed by atoms with Crippen LogP contribution in [0.5, 0.6) is 0 Å². The van der Waals surface area contributed by atoms with Gasteiger partial charge < -0.3 is 5.32 Å². The highest BCUT2D eigenvalue weighted by Gasteiger charge is 2.21. The second-order valence-corrected chi connectivity index (χ2v) is 5.73. The van der Waals surface area contributed by atoms with Gasteiger partial charge in [0.15, 0.2) is 0 Å². The van der Waals surface area contributed by atoms with Crippen molar-refractivity contribution in [3.63, 3.8) is 0 Å². The Balaban J connectivity index is 1.90. The summed E-state index contributed by atoms with van der Waals surface area (Å²) in [6.07, 6.45) is 4.67. The summed E-state index contributed by atoms with van der Waals surface area (Å²) in [5.74, 6) is 1.59. The quantitative estimate of drug-likeness (QED) is 0.788. The van der Waals surface area contributed by atoms with Gasteiger partial charge in [0.1, 0.15) is 12.1 Å². The lowest BCUT2D eigenvalue weighted by atomic mass is 10.2. The molecule has 0 amide bonds. The number of anilines is 2. The van der Waals surface area contributed by atoms with Crippen LogP contribution in [-0.2, 0) is 12.8 Å². The number of aryl methyl sites for hydroxylation is 2. The van der Waals surface area contributed by atoms with Gasteiger partial charge in [-0.2, -0.15) is 14.6 Å². The van der Waals surface area contributed by atoms with Gasteiger partial charge in [-0.15, -0.1) is 0 Å². The topological polar surface area (TPSA) is 55.1 Å². The molecule has 0 radical (unpaired) electrons. The second kappa shape index (κ2) is 4.70. The Morgan fingerprint density at radius 1 is 1.29 bits per heavy atom. The predicted octanol–water partition coefficient (Wildman–Crippen LogP) is 3.32. The van der Waals surface area contributed by atoms with Crippen LogP contribution in [-0.4, -0.2) is 19.6 Å². The van der Waals surface area contributed by atoms with Crippen molar-refractivity contribution in [3.05, 3.63) is 46.4 Å². The van der Waals surface area contributed by atoms with Gasteiger partial charge in [0.25, 0.3) is 5.78 Å². The van der Waals surface area contributed by atoms with Crippen molar-refractivity contribution < 1.29 is 0 Å². The fourth-order valence-electron chi connectivity index (χ4n) is 2.81. The Morgan fingerprint density at radius 2 is 2.19 bits per heavy atom. The lowest BCUT2D eigenvalue weighted by Crippen LogP contribution is -2.07. The summed E-state index contributed by atoms with van der Waals surface area (Å²) < 4.78 is 1.77. The van der Waals surface area contributed by atoms with Gasteiger partial charge in [-0.05, 0) is 43.9 Å². The van der Waals surface area contributed by atoms with Crippen LogP contribution in [0, 0.1) is 6.92 Å². The van der Waals surface area contributed by atoms with Gasteiger partial charge in [-0.1, -0.05) is 17.7 Å². The van der Waals surface area contributed by atoms with Crippen LogP contribution >= 0.6 is 11.6 Å². The molecule has 0 aliphatic heterocycles. The molecule has 21 heavy (non-hydrogen) atoms. The molecule has 1 N–H and O–H groups in total. The summed E-state index contributed by atoms with van der Waals surface area (Å²) in [5.41, 5.74) is 4.47. The molecular formula is C15H14ClN5. The monoisotopic (exact) mass is 299 g/mol. The Morgan fingerprint density at radius 3 is 3.10 bits per heavy atom. The van der Waals surface area contributed by atoms with Crippen molar-refractivity contribution in [2.24, 2.45) is 0 Å². The molecule has 3 aromatic rings. The molecule has 0 bridgehead atoms. The third-order valence-electron chi connectivity index (χ3n) is 3.90. The van der Waals surface area contributed by atoms with Crippen LogP contribution in [0.1, 0.15) is 23.2 Å². The van der Waals surface area contributed by atoms with Crippen molar-refractivity contribution in [2.75, 3.05) is 5.32 Å². The summed E-state index contributed by atoms with van der Waals surface area (Å²) in [6.45, 7) is 2.05. The van der Waals surface area contributed by atoms with Crippen LogP contribution in [0.2, 0.25) is 5.02 Å². The number of benzene rings is 1. The Bertz CT molecular complexity index is 839. The van der Waals surface area contributed by atoms with Crippen molar-refractivity contribution in [1.29, 1.82) is 0 Å². The number of nitrogens with one attached hydrogen (secondary N) is 1. The largest absolute Gasteiger partial charge is 0.340 e. The molecule has 5 nitrogen and oxygen atoms in total. The third kappa shape index (κ3) is 2.05. The molecule has 2 aromatic heterocycles. The summed E-state index contributed by atoms with van der Waals surface area (Å²) in [7, 11) is 0. The summed E-state index contributed by atoms with van der Waals surface area (Å²) in [6, 6.07) is 5.83. The lowest BCUT2D eigenvalue weighted by Gasteiger charge is -2.14. The molecule has 4 rings (SSSR count). The SMILES string of the molecule is Cc1ccc(Cl)cc1Nc1c2c(nc3ncnn13)CCC2. The number of aromatic nitrogens is 4. The first-order valence-corrected chi connectivity index (χ1v) is 7.35. The smallest absolute Gasteiger partial charge is 0.254 e. The van der Waals surface area contributed by atoms with E-state index in [0.717, 1.165) is 42.0 Å². The van der Waals surface area contributed by atoms with E-state index < -0.39 is 0 Å². The summed E-state index contributed by atoms with van der Waals surface area (Å²) in [5, 5.41) is 8.48. The molecule has 0 spiro atoms. The standard InChI is InChI=1S/C15H14ClN5/c1-9-5-6-10(16)7-13(9)19-14-11-3-2-4-12(11)20-15-17-8-18-21(14)15/h5-8,19H,2-4H2,1H3. The lowest BCUT2D eigenvalue weighted by molar-refractivity contribution is 0.900. The number of hydrogen-bond acceptors (Lipinski definition) is 4. The van der Waals surface area contributed by atoms with Gasteiger partial charge in [0.05, 0.1) is 5.69 Å². The first-order chi connectivity index (χ1) is 10.2. The highest BCUT2D eigenvalue weighted by atomic mass is 35.5. The molecule has 0 saturated carbocycles. The zero-order valence-corrected chi connectivity index (χ0v) is 12.4. The number of hydrogen-bond donors (Lipinski definition) is 1. The average Bonchev–Trinajstić information content (AvgIpc) is 3.10. The highest BCUT2D eigenvalue weighted by molar-refractivity contribution is 6.30. The van der Waals surface area contributed by atoms with Crippen molar-refractivity contribution in [2.45, 2.75) is 26.2 Å². The minimum atomic E-state index is 0.637. The molecule has 0 unspecified atom stereocenters. The maximum Gasteiger partial charge on any atom is 0.254 e. The summed E-state index contributed by atoms with van der Waals surface area (Å²) >= 11 is 6.11. The first kappa shape index (κ1) is 12.6. The molecular weight excluding hydrogens is 286 g/mol. The fraction of sp³-hybridized carbons (Fsp3) is 0.267. The fourth-order valence-corrected chi connectivity index (χ4v) is 2.98. The van der Waals surface area contributed by atoms with E-state index in [1.165, 1.54) is 11.9 Å². The van der Waals surface area contributed by atoms with Gasteiger partial charge in [0, 0.05) is 16.3 Å². The second-order valence-electron chi connectivity index (χ2n) is 5.30. The summed E-state index contributed by atoms with van der Waals surface area (Å²) in [4.78, 5) is 8.79. The van der Waals surface area contributed by atoms with Gasteiger partial charge in [-0.3, -0.25) is 0 Å². The van der Waals surface area contributed by atoms with Crippen molar-refractivity contribution in [1.82, 2.24) is 19.6 Å². The Hall–Kier alpha value is -2.14. The first-order valence-electron chi connectivity index (χ1n) is 6.97. The van der Waals surface area contributed by atoms with E-state index in [2.05, 4.69) is 27.3 Å². The number of fused-ring (bicyclic) bond motifs is 2. The third-order valence-corrected chi connectivity index (χ3v) is 4.14. The van der Waals surface area contributed by atoms with Gasteiger partial charge in [0.2, 0.25) is 0 Å². The van der Waals surface area contributed by atoms with E-state index in [1.54, 1.807) is 4.52 Å². The molecule has 1 aliphatic rings. The molecule has 1 aromatic carbocycles. The van der Waals surface area contributed by atoms with E-state index in [9.17, 15) is 0 Å². The van der Waals surface area contributed by atoms with E-state index in [0.29, 0.717) is 10.8 Å². The average molecular weight is 300 g/mol. The van der Waals surface area contributed by atoms with Crippen LogP contribution in [0.3, 0.4) is 0 Å². The molecule has 0 atom stereocenters. The van der Waals surface area contributed by atoms with Crippen molar-refractivity contribution in [3.8, 4) is 0 Å². The molecule has 0 saturated heterocycles. The molecule has 0 fully saturated rings. The number of rotatable bonds is 2. The molecule has 1 aliphatic carbocycles. The zero-order chi connectivity index (χ0) is 14.4. The van der Waals surface area contributed by atoms with Crippen LogP contribution < -0.4 is 5.32 Å². The molecule has 2 heterocycles. The minimum absolute atomic E-state index is 0.637. The minimum Gasteiger partial charge on any atom is -0.340 e. The molecule has 6 heteroatoms. The van der Waals surface area contributed by atoms with Crippen LogP contribution in [0.4, 0.5) is 11.5 Å². The van der Waals surface area contributed by atoms with Crippen LogP contribution in [0.25, 0.3) is 5.78 Å². The highest BCUT2D eigenvalue weighted by Crippen LogP contribution is 2.31. The zero-order valence-electron chi connectivity index (χ0n) is 11.6. The van der Waals surface area contributed by atoms with Gasteiger partial charge in [-0.25, -0.2) is 4.98 Å². The Labute approximate surface area is 127 Å². The normalized spacial score (nSPS) is 13.6. The number of nitrogens with zero attached hydrogens (tertiary/aromatic N) is 4. The maximum absolute atomic E-state index is 6.11. The van der Waals surface area contributed by atoms with E-state index in [4.69, 9.17) is 11.6 Å². The van der Waals surface area contributed by atoms with Crippen molar-refractivity contribution >= 4 is 28.9 Å². The van der Waals surface area contributed by atoms with Gasteiger partial charge >= 0.3 is 0 Å². The van der Waals surface area contributed by atoms with E-state index >= 15 is 0 Å². The number of halogens is 1. The maximum atomic E-state index is 6.11. The predicted molar refractivity (Wildman–Crippen MR) is 82.3 cm³/mol. The van der Waals surface area contributed by atoms with E-state index in [-0.39, 0.29) is 0 Å². The molecule has 106 valence electrons. The van der Waals surface area contributed by atoms with E-state index in [1.807, 2.05) is 18.2 Å². The van der Waals surface area contributed by atoms with Crippen LogP contribution in [0.15, 0.2) is 24.5 Å².